The summed E-state index contributed by atoms with van der Waals surface area (Å²) in [4.78, 5) is 13.6. The standard InChI is InChI=1S/C25H20N2O3/c26-25(28)27(19-11-15-23(16-12-19)29-21-7-3-1-4-8-21)20-13-17-24(18-14-20)30-22-9-5-2-6-10-22/h1-18H,(H2,26,28). The first kappa shape index (κ1) is 19.1. The van der Waals surface area contributed by atoms with Gasteiger partial charge in [-0.3, -0.25) is 4.90 Å². The van der Waals surface area contributed by atoms with Crippen molar-refractivity contribution in [2.45, 2.75) is 0 Å². The lowest BCUT2D eigenvalue weighted by molar-refractivity contribution is 0.256. The Hall–Kier alpha value is -4.25. The molecule has 5 heteroatoms. The zero-order valence-corrected chi connectivity index (χ0v) is 16.1. The normalized spacial score (nSPS) is 10.3. The molecule has 0 saturated heterocycles. The summed E-state index contributed by atoms with van der Waals surface area (Å²) in [6.45, 7) is 0. The van der Waals surface area contributed by atoms with Crippen LogP contribution in [0.4, 0.5) is 16.2 Å². The van der Waals surface area contributed by atoms with Gasteiger partial charge >= 0.3 is 6.03 Å². The summed E-state index contributed by atoms with van der Waals surface area (Å²) in [7, 11) is 0. The minimum atomic E-state index is -0.580. The zero-order valence-electron chi connectivity index (χ0n) is 16.1. The first-order valence-electron chi connectivity index (χ1n) is 9.44. The van der Waals surface area contributed by atoms with Gasteiger partial charge in [0.1, 0.15) is 23.0 Å². The van der Waals surface area contributed by atoms with Crippen LogP contribution in [0.1, 0.15) is 0 Å². The van der Waals surface area contributed by atoms with Crippen molar-refractivity contribution in [2.75, 3.05) is 4.90 Å². The number of para-hydroxylation sites is 2. The van der Waals surface area contributed by atoms with Gasteiger partial charge in [-0.25, -0.2) is 4.79 Å². The first-order valence-corrected chi connectivity index (χ1v) is 9.44. The van der Waals surface area contributed by atoms with E-state index in [1.165, 1.54) is 4.90 Å². The molecule has 0 unspecified atom stereocenters. The Kier molecular flexibility index (Phi) is 5.62. The Bertz CT molecular complexity index is 1010. The third-order valence-electron chi connectivity index (χ3n) is 4.37. The number of carbonyl (C=O) groups is 1. The molecule has 0 aromatic heterocycles. The molecule has 148 valence electrons. The van der Waals surface area contributed by atoms with E-state index in [2.05, 4.69) is 0 Å². The molecule has 4 aromatic rings. The van der Waals surface area contributed by atoms with Crippen molar-refractivity contribution >= 4 is 17.4 Å². The number of rotatable bonds is 6. The number of benzene rings is 4. The predicted molar refractivity (Wildman–Crippen MR) is 118 cm³/mol. The smallest absolute Gasteiger partial charge is 0.323 e. The average Bonchev–Trinajstić information content (AvgIpc) is 2.78. The maximum atomic E-state index is 12.1. The van der Waals surface area contributed by atoms with Gasteiger partial charge in [0.2, 0.25) is 0 Å². The molecule has 0 radical (unpaired) electrons. The van der Waals surface area contributed by atoms with Crippen LogP contribution in [0.3, 0.4) is 0 Å². The van der Waals surface area contributed by atoms with Crippen LogP contribution in [0, 0.1) is 0 Å². The predicted octanol–water partition coefficient (Wildman–Crippen LogP) is 6.49. The minimum absolute atomic E-state index is 0.580. The van der Waals surface area contributed by atoms with Crippen LogP contribution in [0.2, 0.25) is 0 Å². The van der Waals surface area contributed by atoms with Crippen molar-refractivity contribution < 1.29 is 14.3 Å². The number of primary amides is 1. The fourth-order valence-electron chi connectivity index (χ4n) is 2.98. The fraction of sp³-hybridized carbons (Fsp3) is 0. The van der Waals surface area contributed by atoms with Gasteiger partial charge in [0.15, 0.2) is 0 Å². The second-order valence-electron chi connectivity index (χ2n) is 6.49. The van der Waals surface area contributed by atoms with Gasteiger partial charge in [-0.2, -0.15) is 0 Å². The van der Waals surface area contributed by atoms with E-state index in [0.29, 0.717) is 22.9 Å². The van der Waals surface area contributed by atoms with E-state index >= 15 is 0 Å². The van der Waals surface area contributed by atoms with Crippen molar-refractivity contribution in [3.05, 3.63) is 109 Å². The van der Waals surface area contributed by atoms with Crippen LogP contribution in [-0.4, -0.2) is 6.03 Å². The number of amides is 2. The van der Waals surface area contributed by atoms with Crippen molar-refractivity contribution in [1.82, 2.24) is 0 Å². The molecular formula is C25H20N2O3. The molecule has 2 N–H and O–H groups in total. The van der Waals surface area contributed by atoms with Gasteiger partial charge in [0.25, 0.3) is 0 Å². The molecule has 0 atom stereocenters. The van der Waals surface area contributed by atoms with E-state index in [4.69, 9.17) is 15.2 Å². The van der Waals surface area contributed by atoms with E-state index in [-0.39, 0.29) is 0 Å². The molecule has 2 amide bonds. The highest BCUT2D eigenvalue weighted by Crippen LogP contribution is 2.31. The summed E-state index contributed by atoms with van der Waals surface area (Å²) < 4.78 is 11.6. The SMILES string of the molecule is NC(=O)N(c1ccc(Oc2ccccc2)cc1)c1ccc(Oc2ccccc2)cc1. The maximum Gasteiger partial charge on any atom is 0.323 e. The number of hydrogen-bond acceptors (Lipinski definition) is 3. The number of anilines is 2. The van der Waals surface area contributed by atoms with Crippen molar-refractivity contribution in [3.63, 3.8) is 0 Å². The molecule has 0 fully saturated rings. The molecule has 0 spiro atoms. The number of hydrogen-bond donors (Lipinski definition) is 1. The molecule has 0 aliphatic rings. The van der Waals surface area contributed by atoms with Crippen molar-refractivity contribution in [2.24, 2.45) is 5.73 Å². The topological polar surface area (TPSA) is 64.8 Å². The summed E-state index contributed by atoms with van der Waals surface area (Å²) in [5.74, 6) is 2.82. The van der Waals surface area contributed by atoms with E-state index in [9.17, 15) is 4.79 Å². The third-order valence-corrected chi connectivity index (χ3v) is 4.37. The summed E-state index contributed by atoms with van der Waals surface area (Å²) >= 11 is 0. The summed E-state index contributed by atoms with van der Waals surface area (Å²) in [6.07, 6.45) is 0. The Labute approximate surface area is 174 Å². The van der Waals surface area contributed by atoms with Crippen LogP contribution in [0.15, 0.2) is 109 Å². The monoisotopic (exact) mass is 396 g/mol. The van der Waals surface area contributed by atoms with Gasteiger partial charge in [-0.15, -0.1) is 0 Å². The van der Waals surface area contributed by atoms with Crippen molar-refractivity contribution in [1.29, 1.82) is 0 Å². The van der Waals surface area contributed by atoms with Crippen LogP contribution in [0.25, 0.3) is 0 Å². The number of urea groups is 1. The maximum absolute atomic E-state index is 12.1. The molecule has 30 heavy (non-hydrogen) atoms. The molecule has 0 bridgehead atoms. The van der Waals surface area contributed by atoms with Gasteiger partial charge in [0.05, 0.1) is 11.4 Å². The number of carbonyl (C=O) groups excluding carboxylic acids is 1. The Balaban J connectivity index is 1.51. The molecule has 0 heterocycles. The quantitative estimate of drug-likeness (QED) is 0.405. The molecular weight excluding hydrogens is 376 g/mol. The van der Waals surface area contributed by atoms with Crippen LogP contribution in [0.5, 0.6) is 23.0 Å². The molecule has 0 aliphatic heterocycles. The van der Waals surface area contributed by atoms with Gasteiger partial charge in [0, 0.05) is 0 Å². The summed E-state index contributed by atoms with van der Waals surface area (Å²) in [5.41, 5.74) is 6.93. The Morgan fingerprint density at radius 2 is 0.867 bits per heavy atom. The van der Waals surface area contributed by atoms with Gasteiger partial charge in [-0.05, 0) is 72.8 Å². The molecule has 0 saturated carbocycles. The summed E-state index contributed by atoms with van der Waals surface area (Å²) in [5, 5.41) is 0. The van der Waals surface area contributed by atoms with E-state index in [0.717, 1.165) is 11.5 Å². The lowest BCUT2D eigenvalue weighted by Crippen LogP contribution is -2.31. The highest BCUT2D eigenvalue weighted by Gasteiger charge is 2.15. The molecule has 4 aromatic carbocycles. The third kappa shape index (κ3) is 4.59. The van der Waals surface area contributed by atoms with Crippen LogP contribution < -0.4 is 20.1 Å². The van der Waals surface area contributed by atoms with Crippen LogP contribution in [-0.2, 0) is 0 Å². The molecule has 4 rings (SSSR count). The second kappa shape index (κ2) is 8.84. The lowest BCUT2D eigenvalue weighted by atomic mass is 10.2. The first-order chi connectivity index (χ1) is 14.7. The fourth-order valence-corrected chi connectivity index (χ4v) is 2.98. The average molecular weight is 396 g/mol. The van der Waals surface area contributed by atoms with E-state index < -0.39 is 6.03 Å². The second-order valence-corrected chi connectivity index (χ2v) is 6.49. The summed E-state index contributed by atoms with van der Waals surface area (Å²) in [6, 6.07) is 32.8. The zero-order chi connectivity index (χ0) is 20.8. The largest absolute Gasteiger partial charge is 0.457 e. The highest BCUT2D eigenvalue weighted by molar-refractivity contribution is 5.98. The number of nitrogens with zero attached hydrogens (tertiary/aromatic N) is 1. The van der Waals surface area contributed by atoms with Gasteiger partial charge < -0.3 is 15.2 Å². The Morgan fingerprint density at radius 1 is 0.533 bits per heavy atom. The van der Waals surface area contributed by atoms with E-state index in [1.54, 1.807) is 48.5 Å². The molecule has 5 nitrogen and oxygen atoms in total. The van der Waals surface area contributed by atoms with E-state index in [1.807, 2.05) is 60.7 Å². The van der Waals surface area contributed by atoms with Crippen LogP contribution >= 0.6 is 0 Å². The minimum Gasteiger partial charge on any atom is -0.457 e. The number of ether oxygens (including phenoxy) is 2. The number of nitrogens with two attached hydrogens (primary N) is 1. The van der Waals surface area contributed by atoms with Crippen molar-refractivity contribution in [3.8, 4) is 23.0 Å². The lowest BCUT2D eigenvalue weighted by Gasteiger charge is -2.21. The van der Waals surface area contributed by atoms with Gasteiger partial charge in [-0.1, -0.05) is 36.4 Å². The Morgan fingerprint density at radius 3 is 1.20 bits per heavy atom. The molecule has 0 aliphatic carbocycles. The highest BCUT2D eigenvalue weighted by atomic mass is 16.5.